The van der Waals surface area contributed by atoms with Crippen molar-refractivity contribution in [1.82, 2.24) is 0 Å². The van der Waals surface area contributed by atoms with E-state index in [2.05, 4.69) is 72.3 Å². The summed E-state index contributed by atoms with van der Waals surface area (Å²) in [6, 6.07) is 4.54. The topological polar surface area (TPSA) is 18.5 Å². The molecule has 0 saturated carbocycles. The fourth-order valence-corrected chi connectivity index (χ4v) is 3.50. The molecule has 1 aromatic rings. The van der Waals surface area contributed by atoms with Crippen LogP contribution in [0.4, 0.5) is 0 Å². The van der Waals surface area contributed by atoms with Crippen LogP contribution in [-0.4, -0.2) is 13.2 Å². The van der Waals surface area contributed by atoms with E-state index in [1.165, 1.54) is 32.4 Å². The molecule has 0 aliphatic heterocycles. The van der Waals surface area contributed by atoms with Gasteiger partial charge in [-0.05, 0) is 33.9 Å². The zero-order valence-electron chi connectivity index (χ0n) is 16.3. The monoisotopic (exact) mass is 370 g/mol. The van der Waals surface area contributed by atoms with E-state index in [4.69, 9.17) is 9.47 Å². The van der Waals surface area contributed by atoms with Crippen LogP contribution in [0.15, 0.2) is 17.0 Å². The van der Waals surface area contributed by atoms with E-state index in [0.29, 0.717) is 25.0 Å². The van der Waals surface area contributed by atoms with Crippen molar-refractivity contribution in [2.45, 2.75) is 72.0 Å². The molecule has 0 N–H and O–H groups in total. The molecule has 24 heavy (non-hydrogen) atoms. The average molecular weight is 371 g/mol. The maximum Gasteiger partial charge on any atom is 0.0728 e. The predicted octanol–water partition coefficient (Wildman–Crippen LogP) is 6.27. The first-order valence-electron chi connectivity index (χ1n) is 8.78. The van der Waals surface area contributed by atoms with E-state index in [-0.39, 0.29) is 5.41 Å². The number of hydrogen-bond acceptors (Lipinski definition) is 4. The van der Waals surface area contributed by atoms with Crippen molar-refractivity contribution >= 4 is 22.5 Å². The number of hydrogen-bond donors (Lipinski definition) is 1. The van der Waals surface area contributed by atoms with Crippen molar-refractivity contribution < 1.29 is 9.47 Å². The summed E-state index contributed by atoms with van der Waals surface area (Å²) in [7, 11) is 1.49. The van der Waals surface area contributed by atoms with Crippen molar-refractivity contribution in [3.05, 3.63) is 28.8 Å². The molecule has 138 valence electrons. The minimum absolute atomic E-state index is 0.0966. The van der Waals surface area contributed by atoms with Crippen LogP contribution in [0.1, 0.15) is 65.2 Å². The molecule has 4 heteroatoms. The Kier molecular flexibility index (Phi) is 9.21. The molecule has 0 aromatic heterocycles. The van der Waals surface area contributed by atoms with Crippen molar-refractivity contribution in [3.8, 4) is 0 Å². The Morgan fingerprint density at radius 3 is 1.62 bits per heavy atom. The summed E-state index contributed by atoms with van der Waals surface area (Å²) in [5.74, 6) is 1.08. The maximum absolute atomic E-state index is 5.90. The minimum atomic E-state index is 0.0966. The van der Waals surface area contributed by atoms with Crippen LogP contribution in [0.25, 0.3) is 0 Å². The lowest BCUT2D eigenvalue weighted by Gasteiger charge is -2.24. The van der Waals surface area contributed by atoms with Crippen LogP contribution >= 0.6 is 22.5 Å². The lowest BCUT2D eigenvalue weighted by Crippen LogP contribution is -2.14. The molecule has 0 aliphatic rings. The van der Waals surface area contributed by atoms with E-state index < -0.39 is 0 Å². The van der Waals surface area contributed by atoms with Gasteiger partial charge >= 0.3 is 0 Å². The Hall–Kier alpha value is -0.160. The van der Waals surface area contributed by atoms with Gasteiger partial charge in [0.15, 0.2) is 0 Å². The van der Waals surface area contributed by atoms with Gasteiger partial charge in [0.2, 0.25) is 0 Å². The van der Waals surface area contributed by atoms with Crippen LogP contribution < -0.4 is 0 Å². The first kappa shape index (κ1) is 21.9. The van der Waals surface area contributed by atoms with Gasteiger partial charge in [0.05, 0.1) is 13.2 Å². The molecular formula is C20H34O2S2. The third-order valence-electron chi connectivity index (χ3n) is 3.62. The van der Waals surface area contributed by atoms with Crippen molar-refractivity contribution in [2.75, 3.05) is 13.2 Å². The molecule has 0 bridgehead atoms. The number of thiol groups is 1. The molecule has 0 amide bonds. The highest BCUT2D eigenvalue weighted by molar-refractivity contribution is 8.68. The second kappa shape index (κ2) is 10.1. The Bertz CT molecular complexity index is 470. The quantitative estimate of drug-likeness (QED) is 0.408. The van der Waals surface area contributed by atoms with Crippen LogP contribution in [0.2, 0.25) is 0 Å². The molecule has 0 fully saturated rings. The van der Waals surface area contributed by atoms with E-state index >= 15 is 0 Å². The lowest BCUT2D eigenvalue weighted by molar-refractivity contribution is 0.0907. The smallest absolute Gasteiger partial charge is 0.0728 e. The fourth-order valence-electron chi connectivity index (χ4n) is 2.33. The lowest BCUT2D eigenvalue weighted by atomic mass is 9.85. The SMILES string of the molecule is CC(C)COCc1cc(C(C)(C)C)cc(COCC(C)C)c1SS. The van der Waals surface area contributed by atoms with Crippen molar-refractivity contribution in [3.63, 3.8) is 0 Å². The van der Waals surface area contributed by atoms with Gasteiger partial charge < -0.3 is 9.47 Å². The summed E-state index contributed by atoms with van der Waals surface area (Å²) in [4.78, 5) is 1.18. The molecule has 1 rings (SSSR count). The third kappa shape index (κ3) is 7.38. The van der Waals surface area contributed by atoms with Gasteiger partial charge in [0, 0.05) is 18.1 Å². The molecule has 0 atom stereocenters. The van der Waals surface area contributed by atoms with Gasteiger partial charge in [0.1, 0.15) is 0 Å². The van der Waals surface area contributed by atoms with E-state index in [0.717, 1.165) is 13.2 Å². The second-order valence-corrected chi connectivity index (χ2v) is 9.42. The minimum Gasteiger partial charge on any atom is -0.376 e. The zero-order chi connectivity index (χ0) is 18.3. The summed E-state index contributed by atoms with van der Waals surface area (Å²) in [5.41, 5.74) is 3.84. The fraction of sp³-hybridized carbons (Fsp3) is 0.700. The van der Waals surface area contributed by atoms with Crippen LogP contribution in [0.3, 0.4) is 0 Å². The Labute approximate surface area is 157 Å². The van der Waals surface area contributed by atoms with Gasteiger partial charge in [0.25, 0.3) is 0 Å². The molecular weight excluding hydrogens is 336 g/mol. The van der Waals surface area contributed by atoms with Gasteiger partial charge in [-0.2, -0.15) is 0 Å². The number of rotatable bonds is 9. The number of benzene rings is 1. The summed E-state index contributed by atoms with van der Waals surface area (Å²) in [6.07, 6.45) is 0. The van der Waals surface area contributed by atoms with Crippen molar-refractivity contribution in [1.29, 1.82) is 0 Å². The Balaban J connectivity index is 3.08. The highest BCUT2D eigenvalue weighted by Crippen LogP contribution is 2.35. The van der Waals surface area contributed by atoms with Crippen LogP contribution in [0, 0.1) is 11.8 Å². The van der Waals surface area contributed by atoms with Gasteiger partial charge in [-0.3, -0.25) is 0 Å². The highest BCUT2D eigenvalue weighted by atomic mass is 33.1. The van der Waals surface area contributed by atoms with Crippen molar-refractivity contribution in [2.24, 2.45) is 11.8 Å². The summed E-state index contributed by atoms with van der Waals surface area (Å²) in [5, 5.41) is 0. The summed E-state index contributed by atoms with van der Waals surface area (Å²) < 4.78 is 11.8. The van der Waals surface area contributed by atoms with Crippen LogP contribution in [-0.2, 0) is 28.1 Å². The van der Waals surface area contributed by atoms with E-state index in [9.17, 15) is 0 Å². The first-order chi connectivity index (χ1) is 11.1. The Morgan fingerprint density at radius 2 is 1.33 bits per heavy atom. The third-order valence-corrected chi connectivity index (χ3v) is 4.87. The average Bonchev–Trinajstić information content (AvgIpc) is 2.45. The summed E-state index contributed by atoms with van der Waals surface area (Å²) >= 11 is 4.49. The molecule has 0 aliphatic carbocycles. The molecule has 0 unspecified atom stereocenters. The normalized spacial score (nSPS) is 12.4. The molecule has 0 saturated heterocycles. The number of ether oxygens (including phenoxy) is 2. The molecule has 2 nitrogen and oxygen atoms in total. The Morgan fingerprint density at radius 1 is 0.917 bits per heavy atom. The van der Waals surface area contributed by atoms with Gasteiger partial charge in [-0.25, -0.2) is 0 Å². The predicted molar refractivity (Wildman–Crippen MR) is 109 cm³/mol. The van der Waals surface area contributed by atoms with E-state index in [1.54, 1.807) is 0 Å². The first-order valence-corrected chi connectivity index (χ1v) is 10.6. The second-order valence-electron chi connectivity index (χ2n) is 8.28. The standard InChI is InChI=1S/C20H34O2S2/c1-14(2)10-21-12-16-8-18(20(5,6)7)9-17(19(16)24-23)13-22-11-15(3)4/h8-9,14-15,23H,10-13H2,1-7H3. The summed E-state index contributed by atoms with van der Waals surface area (Å²) in [6.45, 7) is 18.2. The molecule has 0 radical (unpaired) electrons. The largest absolute Gasteiger partial charge is 0.376 e. The van der Waals surface area contributed by atoms with Crippen LogP contribution in [0.5, 0.6) is 0 Å². The van der Waals surface area contributed by atoms with E-state index in [1.807, 2.05) is 0 Å². The molecule has 0 spiro atoms. The molecule has 1 aromatic carbocycles. The highest BCUT2D eigenvalue weighted by Gasteiger charge is 2.19. The molecule has 0 heterocycles. The zero-order valence-corrected chi connectivity index (χ0v) is 18.0. The van der Waals surface area contributed by atoms with Gasteiger partial charge in [-0.1, -0.05) is 71.4 Å². The maximum atomic E-state index is 5.90. The van der Waals surface area contributed by atoms with Gasteiger partial charge in [-0.15, -0.1) is 11.7 Å².